The van der Waals surface area contributed by atoms with E-state index in [0.29, 0.717) is 10.8 Å². The molecule has 8 heteroatoms. The number of aryl methyl sites for hydroxylation is 1. The Morgan fingerprint density at radius 2 is 2.17 bits per heavy atom. The molecule has 126 valence electrons. The van der Waals surface area contributed by atoms with Crippen molar-refractivity contribution in [3.8, 4) is 0 Å². The standard InChI is InChI=1S/C16H16ClN3O3S/c1-3-10-5-4-6-11(7-10)19-13(21)9-23-15(22)14-12(17)8-18-16(20-14)24-2/h4-8H,3,9H2,1-2H3,(H,19,21). The van der Waals surface area contributed by atoms with E-state index in [1.165, 1.54) is 18.0 Å². The van der Waals surface area contributed by atoms with Gasteiger partial charge >= 0.3 is 5.97 Å². The second-order valence-corrected chi connectivity index (χ2v) is 5.91. The predicted octanol–water partition coefficient (Wildman–Crippen LogP) is 3.21. The zero-order valence-electron chi connectivity index (χ0n) is 13.2. The number of rotatable bonds is 6. The van der Waals surface area contributed by atoms with Crippen molar-refractivity contribution in [3.63, 3.8) is 0 Å². The molecule has 1 N–H and O–H groups in total. The lowest BCUT2D eigenvalue weighted by Gasteiger charge is -2.08. The molecule has 0 spiro atoms. The molecule has 0 aliphatic rings. The highest BCUT2D eigenvalue weighted by Crippen LogP contribution is 2.17. The van der Waals surface area contributed by atoms with Crippen LogP contribution in [0.15, 0.2) is 35.6 Å². The minimum atomic E-state index is -0.768. The average Bonchev–Trinajstić information content (AvgIpc) is 2.60. The second-order valence-electron chi connectivity index (χ2n) is 4.73. The summed E-state index contributed by atoms with van der Waals surface area (Å²) >= 11 is 7.16. The van der Waals surface area contributed by atoms with E-state index in [0.717, 1.165) is 12.0 Å². The van der Waals surface area contributed by atoms with Gasteiger partial charge in [0.05, 0.1) is 11.2 Å². The third-order valence-electron chi connectivity index (χ3n) is 3.05. The Morgan fingerprint density at radius 3 is 2.88 bits per heavy atom. The quantitative estimate of drug-likeness (QED) is 0.481. The molecule has 0 aliphatic carbocycles. The van der Waals surface area contributed by atoms with Gasteiger partial charge in [-0.15, -0.1) is 0 Å². The fourth-order valence-electron chi connectivity index (χ4n) is 1.86. The van der Waals surface area contributed by atoms with Crippen molar-refractivity contribution in [2.24, 2.45) is 0 Å². The molecule has 1 aromatic heterocycles. The molecule has 1 amide bonds. The Morgan fingerprint density at radius 1 is 1.38 bits per heavy atom. The molecule has 0 aliphatic heterocycles. The fourth-order valence-corrected chi connectivity index (χ4v) is 2.37. The maximum Gasteiger partial charge on any atom is 0.359 e. The number of carbonyl (C=O) groups excluding carboxylic acids is 2. The van der Waals surface area contributed by atoms with Crippen LogP contribution in [0.4, 0.5) is 5.69 Å². The van der Waals surface area contributed by atoms with Crippen molar-refractivity contribution in [3.05, 3.63) is 46.7 Å². The monoisotopic (exact) mass is 365 g/mol. The van der Waals surface area contributed by atoms with Crippen molar-refractivity contribution in [2.75, 3.05) is 18.2 Å². The highest BCUT2D eigenvalue weighted by Gasteiger charge is 2.17. The fraction of sp³-hybridized carbons (Fsp3) is 0.250. The first kappa shape index (κ1) is 18.2. The molecule has 6 nitrogen and oxygen atoms in total. The number of ether oxygens (including phenoxy) is 1. The van der Waals surface area contributed by atoms with E-state index < -0.39 is 18.5 Å². The van der Waals surface area contributed by atoms with Crippen molar-refractivity contribution in [1.82, 2.24) is 9.97 Å². The maximum atomic E-state index is 12.0. The third-order valence-corrected chi connectivity index (χ3v) is 3.89. The molecule has 1 heterocycles. The number of halogens is 1. The number of carbonyl (C=O) groups is 2. The van der Waals surface area contributed by atoms with Crippen LogP contribution >= 0.6 is 23.4 Å². The summed E-state index contributed by atoms with van der Waals surface area (Å²) in [5, 5.41) is 3.15. The van der Waals surface area contributed by atoms with Crippen LogP contribution in [0.3, 0.4) is 0 Å². The number of nitrogens with one attached hydrogen (secondary N) is 1. The predicted molar refractivity (Wildman–Crippen MR) is 93.6 cm³/mol. The summed E-state index contributed by atoms with van der Waals surface area (Å²) in [6.07, 6.45) is 3.96. The van der Waals surface area contributed by atoms with Crippen molar-refractivity contribution >= 4 is 40.9 Å². The summed E-state index contributed by atoms with van der Waals surface area (Å²) in [5.41, 5.74) is 1.69. The summed E-state index contributed by atoms with van der Waals surface area (Å²) in [4.78, 5) is 31.8. The number of nitrogens with zero attached hydrogens (tertiary/aromatic N) is 2. The third kappa shape index (κ3) is 4.94. The van der Waals surface area contributed by atoms with Gasteiger partial charge in [-0.3, -0.25) is 4.79 Å². The minimum Gasteiger partial charge on any atom is -0.451 e. The van der Waals surface area contributed by atoms with Gasteiger partial charge in [-0.05, 0) is 30.4 Å². The molecule has 0 saturated carbocycles. The molecule has 2 rings (SSSR count). The van der Waals surface area contributed by atoms with E-state index in [-0.39, 0.29) is 10.7 Å². The number of anilines is 1. The minimum absolute atomic E-state index is 0.0585. The Balaban J connectivity index is 1.94. The Labute approximate surface area is 149 Å². The summed E-state index contributed by atoms with van der Waals surface area (Å²) in [6, 6.07) is 7.46. The Bertz CT molecular complexity index is 755. The normalized spacial score (nSPS) is 10.3. The molecular formula is C16H16ClN3O3S. The SMILES string of the molecule is CCc1cccc(NC(=O)COC(=O)c2nc(SC)ncc2Cl)c1. The van der Waals surface area contributed by atoms with Gasteiger partial charge in [0, 0.05) is 5.69 Å². The van der Waals surface area contributed by atoms with Crippen LogP contribution in [-0.4, -0.2) is 34.7 Å². The largest absolute Gasteiger partial charge is 0.451 e. The summed E-state index contributed by atoms with van der Waals surface area (Å²) in [7, 11) is 0. The van der Waals surface area contributed by atoms with Crippen molar-refractivity contribution < 1.29 is 14.3 Å². The molecule has 0 atom stereocenters. The van der Waals surface area contributed by atoms with Crippen LogP contribution in [0.2, 0.25) is 5.02 Å². The van der Waals surface area contributed by atoms with Crippen molar-refractivity contribution in [2.45, 2.75) is 18.5 Å². The smallest absolute Gasteiger partial charge is 0.359 e. The topological polar surface area (TPSA) is 81.2 Å². The number of benzene rings is 1. The molecular weight excluding hydrogens is 350 g/mol. The average molecular weight is 366 g/mol. The van der Waals surface area contributed by atoms with Crippen LogP contribution in [0.5, 0.6) is 0 Å². The molecule has 0 radical (unpaired) electrons. The van der Waals surface area contributed by atoms with Gasteiger partial charge in [-0.25, -0.2) is 14.8 Å². The second kappa shape index (κ2) is 8.65. The summed E-state index contributed by atoms with van der Waals surface area (Å²) in [5.74, 6) is -1.21. The van der Waals surface area contributed by atoms with Crippen LogP contribution in [-0.2, 0) is 16.0 Å². The lowest BCUT2D eigenvalue weighted by Crippen LogP contribution is -2.21. The zero-order valence-corrected chi connectivity index (χ0v) is 14.8. The van der Waals surface area contributed by atoms with Crippen LogP contribution in [0.25, 0.3) is 0 Å². The number of thioether (sulfide) groups is 1. The molecule has 2 aromatic rings. The number of aromatic nitrogens is 2. The van der Waals surface area contributed by atoms with Gasteiger partial charge in [-0.2, -0.15) is 0 Å². The molecule has 0 bridgehead atoms. The van der Waals surface area contributed by atoms with Gasteiger partial charge in [0.1, 0.15) is 0 Å². The Hall–Kier alpha value is -2.12. The summed E-state index contributed by atoms with van der Waals surface area (Å²) < 4.78 is 4.96. The highest BCUT2D eigenvalue weighted by molar-refractivity contribution is 7.98. The number of hydrogen-bond donors (Lipinski definition) is 1. The van der Waals surface area contributed by atoms with E-state index in [4.69, 9.17) is 16.3 Å². The number of esters is 1. The first-order chi connectivity index (χ1) is 11.5. The highest BCUT2D eigenvalue weighted by atomic mass is 35.5. The Kier molecular flexibility index (Phi) is 6.57. The van der Waals surface area contributed by atoms with E-state index in [1.807, 2.05) is 25.1 Å². The van der Waals surface area contributed by atoms with Crippen LogP contribution in [0, 0.1) is 0 Å². The van der Waals surface area contributed by atoms with Gasteiger partial charge in [-0.1, -0.05) is 42.4 Å². The van der Waals surface area contributed by atoms with E-state index in [1.54, 1.807) is 12.3 Å². The van der Waals surface area contributed by atoms with Crippen LogP contribution < -0.4 is 5.32 Å². The van der Waals surface area contributed by atoms with Gasteiger partial charge < -0.3 is 10.1 Å². The first-order valence-corrected chi connectivity index (χ1v) is 8.76. The van der Waals surface area contributed by atoms with Gasteiger partial charge in [0.15, 0.2) is 17.5 Å². The lowest BCUT2D eigenvalue weighted by atomic mass is 10.1. The summed E-state index contributed by atoms with van der Waals surface area (Å²) in [6.45, 7) is 1.60. The van der Waals surface area contributed by atoms with Gasteiger partial charge in [0.25, 0.3) is 5.91 Å². The van der Waals surface area contributed by atoms with E-state index in [2.05, 4.69) is 15.3 Å². The van der Waals surface area contributed by atoms with Crippen molar-refractivity contribution in [1.29, 1.82) is 0 Å². The maximum absolute atomic E-state index is 12.0. The van der Waals surface area contributed by atoms with E-state index in [9.17, 15) is 9.59 Å². The van der Waals surface area contributed by atoms with Gasteiger partial charge in [0.2, 0.25) is 0 Å². The molecule has 0 unspecified atom stereocenters. The lowest BCUT2D eigenvalue weighted by molar-refractivity contribution is -0.119. The van der Waals surface area contributed by atoms with Crippen LogP contribution in [0.1, 0.15) is 23.0 Å². The number of hydrogen-bond acceptors (Lipinski definition) is 6. The molecule has 0 saturated heterocycles. The first-order valence-electron chi connectivity index (χ1n) is 7.16. The molecule has 1 aromatic carbocycles. The zero-order chi connectivity index (χ0) is 17.5. The molecule has 0 fully saturated rings. The van der Waals surface area contributed by atoms with E-state index >= 15 is 0 Å². The number of amides is 1. The molecule has 24 heavy (non-hydrogen) atoms.